The van der Waals surface area contributed by atoms with Crippen LogP contribution in [-0.4, -0.2) is 24.5 Å². The zero-order valence-corrected chi connectivity index (χ0v) is 11.5. The molecular weight excluding hydrogens is 251 g/mol. The molecule has 0 amide bonds. The van der Waals surface area contributed by atoms with Crippen LogP contribution in [-0.2, 0) is 0 Å². The van der Waals surface area contributed by atoms with E-state index in [1.54, 1.807) is 6.07 Å². The van der Waals surface area contributed by atoms with E-state index >= 15 is 0 Å². The summed E-state index contributed by atoms with van der Waals surface area (Å²) < 4.78 is 13.1. The van der Waals surface area contributed by atoms with Crippen LogP contribution in [0.25, 0.3) is 0 Å². The molecule has 1 aliphatic heterocycles. The number of likely N-dealkylation sites (tertiary alicyclic amines) is 1. The molecule has 0 radical (unpaired) electrons. The van der Waals surface area contributed by atoms with Gasteiger partial charge in [-0.3, -0.25) is 4.90 Å². The third-order valence-electron chi connectivity index (χ3n) is 3.84. The molecule has 0 aliphatic carbocycles. The number of rotatable bonds is 3. The van der Waals surface area contributed by atoms with Crippen LogP contribution in [0.4, 0.5) is 4.39 Å². The summed E-state index contributed by atoms with van der Waals surface area (Å²) in [5.74, 6) is 0.287. The number of nitrogens with zero attached hydrogens (tertiary/aromatic N) is 1. The first-order chi connectivity index (χ1) is 8.61. The maximum absolute atomic E-state index is 13.1. The van der Waals surface area contributed by atoms with Gasteiger partial charge in [-0.1, -0.05) is 17.7 Å². The van der Waals surface area contributed by atoms with Gasteiger partial charge in [0.1, 0.15) is 5.82 Å². The van der Waals surface area contributed by atoms with E-state index in [1.807, 2.05) is 0 Å². The number of hydrogen-bond acceptors (Lipinski definition) is 2. The molecule has 2 nitrogen and oxygen atoms in total. The minimum atomic E-state index is -0.283. The number of nitrogens with two attached hydrogens (primary N) is 1. The smallest absolute Gasteiger partial charge is 0.124 e. The predicted molar refractivity (Wildman–Crippen MR) is 73.2 cm³/mol. The van der Waals surface area contributed by atoms with Crippen molar-refractivity contribution < 1.29 is 4.39 Å². The molecule has 0 saturated carbocycles. The zero-order chi connectivity index (χ0) is 13.1. The van der Waals surface area contributed by atoms with Gasteiger partial charge in [0.05, 0.1) is 0 Å². The predicted octanol–water partition coefficient (Wildman–Crippen LogP) is 3.21. The Morgan fingerprint density at radius 1 is 1.56 bits per heavy atom. The van der Waals surface area contributed by atoms with Gasteiger partial charge >= 0.3 is 0 Å². The Kier molecular flexibility index (Phi) is 4.60. The van der Waals surface area contributed by atoms with E-state index in [0.29, 0.717) is 10.9 Å². The maximum Gasteiger partial charge on any atom is 0.124 e. The van der Waals surface area contributed by atoms with Crippen molar-refractivity contribution >= 4 is 11.6 Å². The van der Waals surface area contributed by atoms with Crippen LogP contribution >= 0.6 is 11.6 Å². The summed E-state index contributed by atoms with van der Waals surface area (Å²) in [6.45, 7) is 4.93. The summed E-state index contributed by atoms with van der Waals surface area (Å²) in [4.78, 5) is 2.39. The normalized spacial score (nSPS) is 23.0. The van der Waals surface area contributed by atoms with Gasteiger partial charge in [0, 0.05) is 17.6 Å². The lowest BCUT2D eigenvalue weighted by Crippen LogP contribution is -2.39. The van der Waals surface area contributed by atoms with Gasteiger partial charge in [0.2, 0.25) is 0 Å². The SMILES string of the molecule is CC(c1ccc(F)cc1Cl)N1CCCC(CN)C1. The highest BCUT2D eigenvalue weighted by Gasteiger charge is 2.24. The number of halogens is 2. The maximum atomic E-state index is 13.1. The topological polar surface area (TPSA) is 29.3 Å². The van der Waals surface area contributed by atoms with Gasteiger partial charge in [0.15, 0.2) is 0 Å². The van der Waals surface area contributed by atoms with Crippen molar-refractivity contribution in [3.8, 4) is 0 Å². The Bertz CT molecular complexity index is 411. The van der Waals surface area contributed by atoms with E-state index in [1.165, 1.54) is 25.0 Å². The summed E-state index contributed by atoms with van der Waals surface area (Å²) in [5.41, 5.74) is 6.75. The standard InChI is InChI=1S/C14H20ClFN2/c1-10(13-5-4-12(16)7-14(13)15)18-6-2-3-11(8-17)9-18/h4-5,7,10-11H,2-3,6,8-9,17H2,1H3. The summed E-state index contributed by atoms with van der Waals surface area (Å²) in [7, 11) is 0. The third kappa shape index (κ3) is 3.02. The van der Waals surface area contributed by atoms with Crippen molar-refractivity contribution in [2.45, 2.75) is 25.8 Å². The molecule has 100 valence electrons. The van der Waals surface area contributed by atoms with Gasteiger partial charge < -0.3 is 5.73 Å². The van der Waals surface area contributed by atoms with Crippen molar-refractivity contribution in [2.75, 3.05) is 19.6 Å². The molecule has 1 heterocycles. The van der Waals surface area contributed by atoms with Crippen LogP contribution in [0.1, 0.15) is 31.4 Å². The third-order valence-corrected chi connectivity index (χ3v) is 4.17. The molecule has 2 rings (SSSR count). The van der Waals surface area contributed by atoms with Crippen LogP contribution in [0.5, 0.6) is 0 Å². The second-order valence-corrected chi connectivity index (χ2v) is 5.49. The van der Waals surface area contributed by atoms with Crippen molar-refractivity contribution in [3.63, 3.8) is 0 Å². The molecule has 2 unspecified atom stereocenters. The molecule has 1 saturated heterocycles. The molecule has 1 aromatic rings. The molecule has 18 heavy (non-hydrogen) atoms. The Morgan fingerprint density at radius 2 is 2.33 bits per heavy atom. The van der Waals surface area contributed by atoms with Gasteiger partial charge in [-0.15, -0.1) is 0 Å². The lowest BCUT2D eigenvalue weighted by atomic mass is 9.95. The van der Waals surface area contributed by atoms with Gasteiger partial charge in [0.25, 0.3) is 0 Å². The highest BCUT2D eigenvalue weighted by molar-refractivity contribution is 6.31. The van der Waals surface area contributed by atoms with Crippen LogP contribution in [0.2, 0.25) is 5.02 Å². The van der Waals surface area contributed by atoms with Crippen molar-refractivity contribution in [1.29, 1.82) is 0 Å². The van der Waals surface area contributed by atoms with E-state index in [-0.39, 0.29) is 11.9 Å². The first kappa shape index (κ1) is 13.8. The molecule has 2 N–H and O–H groups in total. The van der Waals surface area contributed by atoms with E-state index in [2.05, 4.69) is 11.8 Å². The fourth-order valence-electron chi connectivity index (χ4n) is 2.68. The summed E-state index contributed by atoms with van der Waals surface area (Å²) in [6.07, 6.45) is 2.38. The molecule has 1 aliphatic rings. The van der Waals surface area contributed by atoms with Crippen molar-refractivity contribution in [1.82, 2.24) is 4.90 Å². The summed E-state index contributed by atoms with van der Waals surface area (Å²) in [5, 5.41) is 0.511. The first-order valence-electron chi connectivity index (χ1n) is 6.51. The first-order valence-corrected chi connectivity index (χ1v) is 6.88. The molecule has 0 aromatic heterocycles. The summed E-state index contributed by atoms with van der Waals surface area (Å²) in [6, 6.07) is 4.86. The largest absolute Gasteiger partial charge is 0.330 e. The minimum absolute atomic E-state index is 0.215. The second kappa shape index (κ2) is 6.00. The average molecular weight is 271 g/mol. The van der Waals surface area contributed by atoms with E-state index in [0.717, 1.165) is 25.2 Å². The molecule has 4 heteroatoms. The number of benzene rings is 1. The number of hydrogen-bond donors (Lipinski definition) is 1. The molecule has 2 atom stereocenters. The average Bonchev–Trinajstić information content (AvgIpc) is 2.38. The van der Waals surface area contributed by atoms with E-state index in [9.17, 15) is 4.39 Å². The van der Waals surface area contributed by atoms with Gasteiger partial charge in [-0.05, 0) is 56.5 Å². The Hall–Kier alpha value is -0.640. The number of piperidine rings is 1. The van der Waals surface area contributed by atoms with E-state index < -0.39 is 0 Å². The minimum Gasteiger partial charge on any atom is -0.330 e. The van der Waals surface area contributed by atoms with Crippen LogP contribution < -0.4 is 5.73 Å². The summed E-state index contributed by atoms with van der Waals surface area (Å²) >= 11 is 6.12. The van der Waals surface area contributed by atoms with E-state index in [4.69, 9.17) is 17.3 Å². The molecule has 1 aromatic carbocycles. The van der Waals surface area contributed by atoms with Crippen LogP contribution in [0.15, 0.2) is 18.2 Å². The molecular formula is C14H20ClFN2. The van der Waals surface area contributed by atoms with Crippen molar-refractivity contribution in [3.05, 3.63) is 34.6 Å². The second-order valence-electron chi connectivity index (χ2n) is 5.08. The Morgan fingerprint density at radius 3 is 3.00 bits per heavy atom. The zero-order valence-electron chi connectivity index (χ0n) is 10.7. The monoisotopic (exact) mass is 270 g/mol. The fraction of sp³-hybridized carbons (Fsp3) is 0.571. The lowest BCUT2D eigenvalue weighted by molar-refractivity contribution is 0.134. The molecule has 1 fully saturated rings. The quantitative estimate of drug-likeness (QED) is 0.914. The Balaban J connectivity index is 2.12. The van der Waals surface area contributed by atoms with Crippen molar-refractivity contribution in [2.24, 2.45) is 11.7 Å². The Labute approximate surface area is 113 Å². The molecule has 0 spiro atoms. The van der Waals surface area contributed by atoms with Gasteiger partial charge in [-0.25, -0.2) is 4.39 Å². The highest BCUT2D eigenvalue weighted by atomic mass is 35.5. The molecule has 0 bridgehead atoms. The van der Waals surface area contributed by atoms with Gasteiger partial charge in [-0.2, -0.15) is 0 Å². The highest BCUT2D eigenvalue weighted by Crippen LogP contribution is 2.30. The van der Waals surface area contributed by atoms with Crippen LogP contribution in [0.3, 0.4) is 0 Å². The fourth-order valence-corrected chi connectivity index (χ4v) is 3.00. The lowest BCUT2D eigenvalue weighted by Gasteiger charge is -2.36. The van der Waals surface area contributed by atoms with Crippen LogP contribution in [0, 0.1) is 11.7 Å².